The first-order valence-electron chi connectivity index (χ1n) is 11.2. The molecule has 0 aliphatic carbocycles. The van der Waals surface area contributed by atoms with Gasteiger partial charge in [-0.2, -0.15) is 5.10 Å². The summed E-state index contributed by atoms with van der Waals surface area (Å²) in [4.78, 5) is 15.8. The second-order valence-corrected chi connectivity index (χ2v) is 9.35. The molecule has 35 heavy (non-hydrogen) atoms. The molecule has 0 unspecified atom stereocenters. The van der Waals surface area contributed by atoms with Crippen molar-refractivity contribution in [3.63, 3.8) is 0 Å². The third kappa shape index (κ3) is 5.50. The Kier molecular flexibility index (Phi) is 7.43. The Morgan fingerprint density at radius 2 is 1.71 bits per heavy atom. The Bertz CT molecular complexity index is 1340. The number of halogens is 2. The Hall–Kier alpha value is -3.35. The van der Waals surface area contributed by atoms with Crippen molar-refractivity contribution in [1.29, 1.82) is 0 Å². The van der Waals surface area contributed by atoms with Crippen molar-refractivity contribution in [3.05, 3.63) is 92.9 Å². The predicted octanol–water partition coefficient (Wildman–Crippen LogP) is 7.49. The summed E-state index contributed by atoms with van der Waals surface area (Å²) in [5.41, 5.74) is 5.51. The van der Waals surface area contributed by atoms with Gasteiger partial charge in [0.2, 0.25) is 0 Å². The smallest absolute Gasteiger partial charge is 0.335 e. The van der Waals surface area contributed by atoms with Gasteiger partial charge in [-0.15, -0.1) is 0 Å². The molecule has 6 nitrogen and oxygen atoms in total. The van der Waals surface area contributed by atoms with E-state index in [2.05, 4.69) is 24.0 Å². The summed E-state index contributed by atoms with van der Waals surface area (Å²) < 4.78 is 5.90. The number of aryl methyl sites for hydroxylation is 2. The maximum absolute atomic E-state index is 11.0. The SMILES string of the molecule is Cc1nc(CCc2c(-c3c(Cl)cccc3Cl)n[nH]c2C(C)C)ccc1Oc1ccc(C(=O)O)cc1. The van der Waals surface area contributed by atoms with Crippen LogP contribution in [0.4, 0.5) is 0 Å². The molecular weight excluding hydrogens is 485 g/mol. The summed E-state index contributed by atoms with van der Waals surface area (Å²) in [5.74, 6) is 0.447. The number of nitrogens with one attached hydrogen (secondary N) is 1. The lowest BCUT2D eigenvalue weighted by Crippen LogP contribution is -2.02. The molecule has 4 aromatic rings. The number of pyridine rings is 1. The molecular formula is C27H25Cl2N3O3. The largest absolute Gasteiger partial charge is 0.478 e. The van der Waals surface area contributed by atoms with Gasteiger partial charge in [-0.05, 0) is 74.2 Å². The first kappa shape index (κ1) is 24.8. The molecule has 2 heterocycles. The Labute approximate surface area is 213 Å². The highest BCUT2D eigenvalue weighted by Crippen LogP contribution is 2.38. The first-order chi connectivity index (χ1) is 16.7. The average Bonchev–Trinajstić information content (AvgIpc) is 3.23. The van der Waals surface area contributed by atoms with Gasteiger partial charge >= 0.3 is 5.97 Å². The van der Waals surface area contributed by atoms with E-state index in [1.54, 1.807) is 12.1 Å². The van der Waals surface area contributed by atoms with Gasteiger partial charge in [0.25, 0.3) is 0 Å². The Morgan fingerprint density at radius 1 is 1.03 bits per heavy atom. The van der Waals surface area contributed by atoms with E-state index in [-0.39, 0.29) is 11.5 Å². The van der Waals surface area contributed by atoms with Crippen molar-refractivity contribution < 1.29 is 14.6 Å². The van der Waals surface area contributed by atoms with Gasteiger partial charge in [0.15, 0.2) is 0 Å². The number of aromatic carboxylic acids is 1. The van der Waals surface area contributed by atoms with Crippen molar-refractivity contribution in [3.8, 4) is 22.8 Å². The minimum atomic E-state index is -0.975. The molecule has 0 bridgehead atoms. The molecule has 0 fully saturated rings. The van der Waals surface area contributed by atoms with E-state index in [0.717, 1.165) is 33.9 Å². The van der Waals surface area contributed by atoms with E-state index in [0.29, 0.717) is 34.4 Å². The van der Waals surface area contributed by atoms with Crippen LogP contribution in [0.25, 0.3) is 11.3 Å². The molecule has 0 aliphatic heterocycles. The van der Waals surface area contributed by atoms with Crippen molar-refractivity contribution in [2.45, 2.75) is 39.5 Å². The van der Waals surface area contributed by atoms with Crippen LogP contribution in [0, 0.1) is 6.92 Å². The van der Waals surface area contributed by atoms with Gasteiger partial charge in [-0.25, -0.2) is 4.79 Å². The number of benzene rings is 2. The molecule has 2 aromatic carbocycles. The highest BCUT2D eigenvalue weighted by Gasteiger charge is 2.21. The van der Waals surface area contributed by atoms with E-state index in [1.165, 1.54) is 12.1 Å². The van der Waals surface area contributed by atoms with E-state index in [1.807, 2.05) is 37.3 Å². The zero-order chi connectivity index (χ0) is 25.1. The molecule has 0 atom stereocenters. The number of aromatic nitrogens is 3. The summed E-state index contributed by atoms with van der Waals surface area (Å²) in [5, 5.41) is 17.9. The van der Waals surface area contributed by atoms with E-state index in [4.69, 9.17) is 38.0 Å². The number of ether oxygens (including phenoxy) is 1. The number of hydrogen-bond donors (Lipinski definition) is 2. The van der Waals surface area contributed by atoms with Crippen LogP contribution in [-0.2, 0) is 12.8 Å². The third-order valence-corrected chi connectivity index (χ3v) is 6.36. The summed E-state index contributed by atoms with van der Waals surface area (Å²) in [7, 11) is 0. The fraction of sp³-hybridized carbons (Fsp3) is 0.222. The van der Waals surface area contributed by atoms with Crippen LogP contribution in [0.3, 0.4) is 0 Å². The molecule has 180 valence electrons. The average molecular weight is 510 g/mol. The molecule has 2 N–H and O–H groups in total. The quantitative estimate of drug-likeness (QED) is 0.257. The standard InChI is InChI=1S/C27H25Cl2N3O3/c1-15(2)25-20(26(32-31-25)24-21(28)5-4-6-22(24)29)13-9-18-10-14-23(16(3)30-18)35-19-11-7-17(8-12-19)27(33)34/h4-8,10-12,14-15H,9,13H2,1-3H3,(H,31,32)(H,33,34). The van der Waals surface area contributed by atoms with Crippen molar-refractivity contribution >= 4 is 29.2 Å². The van der Waals surface area contributed by atoms with Crippen molar-refractivity contribution in [2.24, 2.45) is 0 Å². The summed E-state index contributed by atoms with van der Waals surface area (Å²) in [6.45, 7) is 6.12. The Morgan fingerprint density at radius 3 is 2.31 bits per heavy atom. The lowest BCUT2D eigenvalue weighted by molar-refractivity contribution is 0.0697. The zero-order valence-electron chi connectivity index (χ0n) is 19.6. The van der Waals surface area contributed by atoms with E-state index < -0.39 is 5.97 Å². The summed E-state index contributed by atoms with van der Waals surface area (Å²) in [6, 6.07) is 15.5. The molecule has 0 spiro atoms. The normalized spacial score (nSPS) is 11.1. The third-order valence-electron chi connectivity index (χ3n) is 5.73. The molecule has 0 aliphatic rings. The van der Waals surface area contributed by atoms with Gasteiger partial charge in [0.1, 0.15) is 11.5 Å². The number of nitrogens with zero attached hydrogens (tertiary/aromatic N) is 2. The van der Waals surface area contributed by atoms with Crippen molar-refractivity contribution in [2.75, 3.05) is 0 Å². The van der Waals surface area contributed by atoms with E-state index in [9.17, 15) is 4.79 Å². The predicted molar refractivity (Wildman–Crippen MR) is 138 cm³/mol. The fourth-order valence-corrected chi connectivity index (χ4v) is 4.51. The Balaban J connectivity index is 1.54. The van der Waals surface area contributed by atoms with Gasteiger partial charge in [0.05, 0.1) is 27.0 Å². The summed E-state index contributed by atoms with van der Waals surface area (Å²) in [6.07, 6.45) is 1.41. The number of carboxylic acids is 1. The molecule has 0 radical (unpaired) electrons. The maximum atomic E-state index is 11.0. The second kappa shape index (κ2) is 10.5. The van der Waals surface area contributed by atoms with Gasteiger partial charge in [-0.3, -0.25) is 10.1 Å². The van der Waals surface area contributed by atoms with Crippen LogP contribution in [-0.4, -0.2) is 26.3 Å². The van der Waals surface area contributed by atoms with Crippen LogP contribution >= 0.6 is 23.2 Å². The highest BCUT2D eigenvalue weighted by atomic mass is 35.5. The number of aromatic amines is 1. The topological polar surface area (TPSA) is 88.1 Å². The van der Waals surface area contributed by atoms with Crippen molar-refractivity contribution in [1.82, 2.24) is 15.2 Å². The number of rotatable bonds is 8. The minimum absolute atomic E-state index is 0.208. The molecule has 4 rings (SSSR count). The summed E-state index contributed by atoms with van der Waals surface area (Å²) >= 11 is 13.0. The van der Waals surface area contributed by atoms with Crippen LogP contribution < -0.4 is 4.74 Å². The highest BCUT2D eigenvalue weighted by molar-refractivity contribution is 6.39. The minimum Gasteiger partial charge on any atom is -0.478 e. The molecule has 8 heteroatoms. The number of carbonyl (C=O) groups is 1. The molecule has 0 amide bonds. The monoisotopic (exact) mass is 509 g/mol. The van der Waals surface area contributed by atoms with Crippen LogP contribution in [0.2, 0.25) is 10.0 Å². The van der Waals surface area contributed by atoms with Gasteiger partial charge in [-0.1, -0.05) is 43.1 Å². The van der Waals surface area contributed by atoms with Gasteiger partial charge < -0.3 is 9.84 Å². The lowest BCUT2D eigenvalue weighted by atomic mass is 9.96. The van der Waals surface area contributed by atoms with Crippen LogP contribution in [0.5, 0.6) is 11.5 Å². The molecule has 0 saturated carbocycles. The first-order valence-corrected chi connectivity index (χ1v) is 12.0. The van der Waals surface area contributed by atoms with Crippen LogP contribution in [0.1, 0.15) is 52.8 Å². The van der Waals surface area contributed by atoms with E-state index >= 15 is 0 Å². The molecule has 2 aromatic heterocycles. The zero-order valence-corrected chi connectivity index (χ0v) is 21.1. The van der Waals surface area contributed by atoms with Crippen LogP contribution in [0.15, 0.2) is 54.6 Å². The lowest BCUT2D eigenvalue weighted by Gasteiger charge is -2.12. The van der Waals surface area contributed by atoms with Gasteiger partial charge in [0, 0.05) is 22.5 Å². The molecule has 0 saturated heterocycles. The second-order valence-electron chi connectivity index (χ2n) is 8.53. The number of carboxylic acid groups (broad SMARTS) is 1. The fourth-order valence-electron chi connectivity index (χ4n) is 3.93. The number of H-pyrrole nitrogens is 1. The number of hydrogen-bond acceptors (Lipinski definition) is 4. The maximum Gasteiger partial charge on any atom is 0.335 e.